The van der Waals surface area contributed by atoms with E-state index in [1.165, 1.54) is 20.8 Å². The Morgan fingerprint density at radius 3 is 2.33 bits per heavy atom. The molecule has 3 heterocycles. The zero-order chi connectivity index (χ0) is 29.4. The summed E-state index contributed by atoms with van der Waals surface area (Å²) >= 11 is 0. The van der Waals surface area contributed by atoms with E-state index in [1.807, 2.05) is 24.3 Å². The number of pyridine rings is 1. The molecule has 4 aromatic rings. The van der Waals surface area contributed by atoms with E-state index in [2.05, 4.69) is 52.9 Å². The van der Waals surface area contributed by atoms with Crippen LogP contribution in [0.15, 0.2) is 70.4 Å². The maximum absolute atomic E-state index is 14.3. The lowest BCUT2D eigenvalue weighted by Gasteiger charge is -2.36. The van der Waals surface area contributed by atoms with Gasteiger partial charge in [-0.1, -0.05) is 36.4 Å². The largest absolute Gasteiger partial charge is 0.337 e. The lowest BCUT2D eigenvalue weighted by atomic mass is 9.91. The number of nitrogens with two attached hydrogens (primary N) is 1. The van der Waals surface area contributed by atoms with E-state index in [0.717, 1.165) is 62.9 Å². The first-order valence-corrected chi connectivity index (χ1v) is 15.0. The van der Waals surface area contributed by atoms with Crippen LogP contribution in [0.4, 0.5) is 4.39 Å². The van der Waals surface area contributed by atoms with Gasteiger partial charge in [0.2, 0.25) is 0 Å². The van der Waals surface area contributed by atoms with Crippen molar-refractivity contribution in [1.29, 1.82) is 0 Å². The lowest BCUT2D eigenvalue weighted by molar-refractivity contribution is 0.104. The van der Waals surface area contributed by atoms with Gasteiger partial charge in [-0.2, -0.15) is 0 Å². The van der Waals surface area contributed by atoms with Crippen molar-refractivity contribution >= 4 is 11.0 Å². The van der Waals surface area contributed by atoms with Crippen LogP contribution in [0.3, 0.4) is 0 Å². The molecule has 1 aliphatic heterocycles. The number of rotatable bonds is 6. The first-order chi connectivity index (χ1) is 20.3. The third-order valence-electron chi connectivity index (χ3n) is 8.93. The number of aromatic nitrogens is 3. The molecule has 1 saturated carbocycles. The van der Waals surface area contributed by atoms with Crippen molar-refractivity contribution in [2.24, 2.45) is 5.73 Å². The lowest BCUT2D eigenvalue weighted by Crippen LogP contribution is -2.48. The first kappa shape index (κ1) is 28.5. The normalized spacial score (nSPS) is 20.4. The Labute approximate surface area is 245 Å². The summed E-state index contributed by atoms with van der Waals surface area (Å²) < 4.78 is 17.0. The molecule has 2 aromatic carbocycles. The fourth-order valence-corrected chi connectivity index (χ4v) is 6.42. The molecule has 9 heteroatoms. The molecule has 1 saturated heterocycles. The Morgan fingerprint density at radius 2 is 1.64 bits per heavy atom. The summed E-state index contributed by atoms with van der Waals surface area (Å²) in [6.07, 6.45) is 3.77. The summed E-state index contributed by atoms with van der Waals surface area (Å²) in [5.41, 5.74) is 9.08. The Balaban J connectivity index is 1.32. The molecule has 220 valence electrons. The highest BCUT2D eigenvalue weighted by Crippen LogP contribution is 2.27. The van der Waals surface area contributed by atoms with Crippen LogP contribution in [-0.4, -0.2) is 62.2 Å². The van der Waals surface area contributed by atoms with Crippen LogP contribution < -0.4 is 17.0 Å². The summed E-state index contributed by atoms with van der Waals surface area (Å²) in [5.74, 6) is -0.613. The zero-order valence-electron chi connectivity index (χ0n) is 24.4. The average Bonchev–Trinajstić information content (AvgIpc) is 2.99. The minimum absolute atomic E-state index is 0.0666. The number of hydrogen-bond acceptors (Lipinski definition) is 6. The molecule has 0 bridgehead atoms. The van der Waals surface area contributed by atoms with Gasteiger partial charge >= 0.3 is 5.69 Å². The standard InChI is InChI=1S/C33H39FN6O2/c1-22(2)38-16-14-37(15-17-38)21-23-6-8-24(9-7-23)25-4-3-5-29(18-25)39-31-30(19-26(34)20-36-31)32(41)40(33(39)42)28-12-10-27(35)11-13-28/h3-9,18-20,22,27-28H,10-17,21,35H2,1-2H3/t27-,28+. The van der Waals surface area contributed by atoms with Crippen molar-refractivity contribution in [3.8, 4) is 16.8 Å². The van der Waals surface area contributed by atoms with Crippen LogP contribution in [0.25, 0.3) is 27.8 Å². The van der Waals surface area contributed by atoms with Gasteiger partial charge in [-0.05, 0) is 74.4 Å². The molecule has 42 heavy (non-hydrogen) atoms. The second-order valence-electron chi connectivity index (χ2n) is 12.0. The van der Waals surface area contributed by atoms with Crippen LogP contribution in [0, 0.1) is 5.82 Å². The van der Waals surface area contributed by atoms with Crippen LogP contribution in [0.2, 0.25) is 0 Å². The van der Waals surface area contributed by atoms with Crippen molar-refractivity contribution in [2.75, 3.05) is 26.2 Å². The number of fused-ring (bicyclic) bond motifs is 1. The number of benzene rings is 2. The Morgan fingerprint density at radius 1 is 0.929 bits per heavy atom. The van der Waals surface area contributed by atoms with E-state index in [-0.39, 0.29) is 23.1 Å². The summed E-state index contributed by atoms with van der Waals surface area (Å²) in [5, 5.41) is 0.0912. The predicted octanol–water partition coefficient (Wildman–Crippen LogP) is 4.32. The van der Waals surface area contributed by atoms with Crippen molar-refractivity contribution in [3.05, 3.63) is 93.0 Å². The molecule has 0 amide bonds. The first-order valence-electron chi connectivity index (χ1n) is 15.0. The van der Waals surface area contributed by atoms with Gasteiger partial charge in [0.15, 0.2) is 5.65 Å². The molecular formula is C33H39FN6O2. The molecule has 1 aliphatic carbocycles. The van der Waals surface area contributed by atoms with Crippen LogP contribution >= 0.6 is 0 Å². The van der Waals surface area contributed by atoms with E-state index in [1.54, 1.807) is 0 Å². The molecule has 0 spiro atoms. The van der Waals surface area contributed by atoms with Crippen LogP contribution in [0.1, 0.15) is 51.1 Å². The average molecular weight is 571 g/mol. The van der Waals surface area contributed by atoms with E-state index in [4.69, 9.17) is 5.73 Å². The quantitative estimate of drug-likeness (QED) is 0.372. The predicted molar refractivity (Wildman–Crippen MR) is 164 cm³/mol. The van der Waals surface area contributed by atoms with Gasteiger partial charge in [-0.3, -0.25) is 19.2 Å². The highest BCUT2D eigenvalue weighted by atomic mass is 19.1. The summed E-state index contributed by atoms with van der Waals surface area (Å²) in [6, 6.07) is 17.7. The summed E-state index contributed by atoms with van der Waals surface area (Å²) in [6.45, 7) is 9.75. The monoisotopic (exact) mass is 570 g/mol. The molecule has 0 atom stereocenters. The zero-order valence-corrected chi connectivity index (χ0v) is 24.4. The van der Waals surface area contributed by atoms with Crippen molar-refractivity contribution in [3.63, 3.8) is 0 Å². The van der Waals surface area contributed by atoms with Crippen molar-refractivity contribution in [2.45, 2.75) is 64.2 Å². The number of hydrogen-bond donors (Lipinski definition) is 1. The molecule has 2 fully saturated rings. The smallest absolute Gasteiger partial charge is 0.328 e. The Bertz CT molecular complexity index is 1680. The molecule has 2 aromatic heterocycles. The minimum atomic E-state index is -0.613. The van der Waals surface area contributed by atoms with Crippen molar-refractivity contribution in [1.82, 2.24) is 23.9 Å². The van der Waals surface area contributed by atoms with E-state index >= 15 is 0 Å². The molecule has 2 aliphatic rings. The minimum Gasteiger partial charge on any atom is -0.328 e. The maximum Gasteiger partial charge on any atom is 0.337 e. The van der Waals surface area contributed by atoms with Gasteiger partial charge in [0.05, 0.1) is 17.3 Å². The number of piperazine rings is 1. The fraction of sp³-hybridized carbons (Fsp3) is 0.424. The Hall–Kier alpha value is -3.66. The van der Waals surface area contributed by atoms with E-state index in [9.17, 15) is 14.0 Å². The van der Waals surface area contributed by atoms with Gasteiger partial charge in [-0.15, -0.1) is 0 Å². The molecule has 8 nitrogen and oxygen atoms in total. The second kappa shape index (κ2) is 11.9. The number of nitrogens with zero attached hydrogens (tertiary/aromatic N) is 5. The summed E-state index contributed by atoms with van der Waals surface area (Å²) in [7, 11) is 0. The highest BCUT2D eigenvalue weighted by molar-refractivity contribution is 5.76. The molecule has 6 rings (SSSR count). The molecular weight excluding hydrogens is 531 g/mol. The molecule has 0 radical (unpaired) electrons. The molecule has 2 N–H and O–H groups in total. The maximum atomic E-state index is 14.3. The van der Waals surface area contributed by atoms with Gasteiger partial charge in [0.25, 0.3) is 5.56 Å². The topological polar surface area (TPSA) is 89.4 Å². The molecule has 0 unspecified atom stereocenters. The van der Waals surface area contributed by atoms with E-state index < -0.39 is 17.1 Å². The third-order valence-corrected chi connectivity index (χ3v) is 8.93. The second-order valence-corrected chi connectivity index (χ2v) is 12.0. The van der Waals surface area contributed by atoms with Crippen LogP contribution in [-0.2, 0) is 6.54 Å². The SMILES string of the molecule is CC(C)N1CCN(Cc2ccc(-c3cccc(-n4c(=O)n([C@H]5CC[C@@H](N)CC5)c(=O)c5cc(F)cnc54)c3)cc2)CC1. The van der Waals surface area contributed by atoms with Gasteiger partial charge < -0.3 is 5.73 Å². The van der Waals surface area contributed by atoms with Crippen LogP contribution in [0.5, 0.6) is 0 Å². The fourth-order valence-electron chi connectivity index (χ4n) is 6.42. The summed E-state index contributed by atoms with van der Waals surface area (Å²) in [4.78, 5) is 36.7. The highest BCUT2D eigenvalue weighted by Gasteiger charge is 2.26. The van der Waals surface area contributed by atoms with E-state index in [0.29, 0.717) is 24.6 Å². The van der Waals surface area contributed by atoms with Gasteiger partial charge in [-0.25, -0.2) is 18.7 Å². The van der Waals surface area contributed by atoms with Gasteiger partial charge in [0, 0.05) is 50.8 Å². The van der Waals surface area contributed by atoms with Gasteiger partial charge in [0.1, 0.15) is 5.82 Å². The third kappa shape index (κ3) is 5.69. The van der Waals surface area contributed by atoms with Crippen molar-refractivity contribution < 1.29 is 4.39 Å². The Kier molecular flexibility index (Phi) is 8.07. The number of halogens is 1.